The van der Waals surface area contributed by atoms with E-state index in [0.717, 1.165) is 12.1 Å². The minimum atomic E-state index is -0.145. The molecule has 5 heteroatoms. The molecule has 2 aliphatic heterocycles. The van der Waals surface area contributed by atoms with Gasteiger partial charge in [0, 0.05) is 43.8 Å². The molecule has 5 nitrogen and oxygen atoms in total. The molecule has 2 saturated heterocycles. The Balaban J connectivity index is 1.57. The molecule has 1 N–H and O–H groups in total. The van der Waals surface area contributed by atoms with Crippen molar-refractivity contribution < 1.29 is 9.59 Å². The van der Waals surface area contributed by atoms with Crippen molar-refractivity contribution in [1.82, 2.24) is 14.8 Å². The second kappa shape index (κ2) is 4.43. The van der Waals surface area contributed by atoms with Crippen LogP contribution in [0.1, 0.15) is 5.56 Å². The van der Waals surface area contributed by atoms with Crippen LogP contribution >= 0.6 is 0 Å². The van der Waals surface area contributed by atoms with Gasteiger partial charge in [-0.25, -0.2) is 0 Å². The van der Waals surface area contributed by atoms with E-state index >= 15 is 0 Å². The zero-order valence-corrected chi connectivity index (χ0v) is 11.9. The van der Waals surface area contributed by atoms with Gasteiger partial charge in [-0.2, -0.15) is 0 Å². The highest BCUT2D eigenvalue weighted by molar-refractivity contribution is 6.05. The van der Waals surface area contributed by atoms with Crippen LogP contribution in [0.4, 0.5) is 0 Å². The molecule has 0 spiro atoms. The van der Waals surface area contributed by atoms with E-state index < -0.39 is 0 Å². The van der Waals surface area contributed by atoms with Gasteiger partial charge in [0.25, 0.3) is 0 Å². The summed E-state index contributed by atoms with van der Waals surface area (Å²) in [5.41, 5.74) is 2.36. The first-order valence-corrected chi connectivity index (χ1v) is 7.24. The Bertz CT molecular complexity index is 712. The number of fused-ring (bicyclic) bond motifs is 2. The summed E-state index contributed by atoms with van der Waals surface area (Å²) in [6.07, 6.45) is 1.94. The average Bonchev–Trinajstić information content (AvgIpc) is 3.15. The Hall–Kier alpha value is -2.14. The minimum Gasteiger partial charge on any atom is -0.361 e. The topological polar surface area (TPSA) is 56.4 Å². The number of amides is 2. The van der Waals surface area contributed by atoms with Crippen LogP contribution in [0, 0.1) is 11.8 Å². The standard InChI is InChI=1S/C16H17N3O2/c1-18-15(20)12-8-19(9-13(12)16(18)21)7-10-3-2-4-14-11(10)5-6-17-14/h2-6,12-13,17H,7-9H2,1H3/t12-,13+. The molecule has 2 aliphatic rings. The zero-order chi connectivity index (χ0) is 14.6. The van der Waals surface area contributed by atoms with Crippen LogP contribution in [0.3, 0.4) is 0 Å². The van der Waals surface area contributed by atoms with Crippen molar-refractivity contribution in [2.45, 2.75) is 6.54 Å². The molecule has 4 rings (SSSR count). The molecule has 108 valence electrons. The first kappa shape index (κ1) is 12.6. The molecule has 2 amide bonds. The van der Waals surface area contributed by atoms with E-state index in [0.29, 0.717) is 13.1 Å². The number of hydrogen-bond acceptors (Lipinski definition) is 3. The maximum Gasteiger partial charge on any atom is 0.234 e. The quantitative estimate of drug-likeness (QED) is 0.843. The fourth-order valence-electron chi connectivity index (χ4n) is 3.65. The fraction of sp³-hybridized carbons (Fsp3) is 0.375. The molecular formula is C16H17N3O2. The summed E-state index contributed by atoms with van der Waals surface area (Å²) in [7, 11) is 1.59. The van der Waals surface area contributed by atoms with Crippen LogP contribution in [-0.2, 0) is 16.1 Å². The Morgan fingerprint density at radius 3 is 2.57 bits per heavy atom. The lowest BCUT2D eigenvalue weighted by molar-refractivity contribution is -0.138. The number of aromatic nitrogens is 1. The number of H-pyrrole nitrogens is 1. The molecule has 0 aliphatic carbocycles. The zero-order valence-electron chi connectivity index (χ0n) is 11.9. The fourth-order valence-corrected chi connectivity index (χ4v) is 3.65. The van der Waals surface area contributed by atoms with Gasteiger partial charge in [0.15, 0.2) is 0 Å². The number of aromatic amines is 1. The maximum atomic E-state index is 12.0. The second-order valence-corrected chi connectivity index (χ2v) is 6.00. The van der Waals surface area contributed by atoms with E-state index in [1.807, 2.05) is 12.3 Å². The van der Waals surface area contributed by atoms with Gasteiger partial charge in [-0.3, -0.25) is 19.4 Å². The van der Waals surface area contributed by atoms with Gasteiger partial charge in [0.2, 0.25) is 11.8 Å². The Morgan fingerprint density at radius 2 is 1.86 bits per heavy atom. The molecule has 2 fully saturated rings. The number of rotatable bonds is 2. The molecule has 21 heavy (non-hydrogen) atoms. The third kappa shape index (κ3) is 1.81. The van der Waals surface area contributed by atoms with Gasteiger partial charge in [-0.1, -0.05) is 12.1 Å². The summed E-state index contributed by atoms with van der Waals surface area (Å²) in [5.74, 6) is -0.333. The van der Waals surface area contributed by atoms with Gasteiger partial charge in [0.05, 0.1) is 11.8 Å². The summed E-state index contributed by atoms with van der Waals surface area (Å²) < 4.78 is 0. The van der Waals surface area contributed by atoms with E-state index in [-0.39, 0.29) is 23.7 Å². The normalized spacial score (nSPS) is 26.0. The molecule has 0 unspecified atom stereocenters. The van der Waals surface area contributed by atoms with Crippen LogP contribution in [0.5, 0.6) is 0 Å². The largest absolute Gasteiger partial charge is 0.361 e. The molecule has 2 atom stereocenters. The van der Waals surface area contributed by atoms with Crippen molar-refractivity contribution >= 4 is 22.7 Å². The van der Waals surface area contributed by atoms with Gasteiger partial charge in [0.1, 0.15) is 0 Å². The molecule has 0 saturated carbocycles. The highest BCUT2D eigenvalue weighted by Gasteiger charge is 2.50. The molecule has 2 aromatic rings. The number of likely N-dealkylation sites (tertiary alicyclic amines) is 2. The predicted octanol–water partition coefficient (Wildman–Crippen LogP) is 1.21. The number of nitrogens with zero attached hydrogens (tertiary/aromatic N) is 2. The number of carbonyl (C=O) groups excluding carboxylic acids is 2. The van der Waals surface area contributed by atoms with Crippen molar-refractivity contribution in [3.8, 4) is 0 Å². The summed E-state index contributed by atoms with van der Waals surface area (Å²) in [4.78, 5) is 30.8. The molecule has 0 bridgehead atoms. The smallest absolute Gasteiger partial charge is 0.234 e. The van der Waals surface area contributed by atoms with Gasteiger partial charge in [-0.05, 0) is 17.7 Å². The van der Waals surface area contributed by atoms with E-state index in [4.69, 9.17) is 0 Å². The van der Waals surface area contributed by atoms with Crippen molar-refractivity contribution in [3.63, 3.8) is 0 Å². The third-order valence-electron chi connectivity index (χ3n) is 4.77. The van der Waals surface area contributed by atoms with Crippen LogP contribution in [0.25, 0.3) is 10.9 Å². The van der Waals surface area contributed by atoms with Crippen molar-refractivity contribution in [1.29, 1.82) is 0 Å². The number of nitrogens with one attached hydrogen (secondary N) is 1. The average molecular weight is 283 g/mol. The maximum absolute atomic E-state index is 12.0. The number of carbonyl (C=O) groups is 2. The van der Waals surface area contributed by atoms with Gasteiger partial charge in [-0.15, -0.1) is 0 Å². The van der Waals surface area contributed by atoms with Crippen molar-refractivity contribution in [2.75, 3.05) is 20.1 Å². The third-order valence-corrected chi connectivity index (χ3v) is 4.77. The van der Waals surface area contributed by atoms with Crippen LogP contribution in [-0.4, -0.2) is 46.7 Å². The Kier molecular flexibility index (Phi) is 2.65. The highest BCUT2D eigenvalue weighted by Crippen LogP contribution is 2.33. The van der Waals surface area contributed by atoms with Crippen molar-refractivity contribution in [2.24, 2.45) is 11.8 Å². The monoisotopic (exact) mass is 283 g/mol. The highest BCUT2D eigenvalue weighted by atomic mass is 16.2. The lowest BCUT2D eigenvalue weighted by Gasteiger charge is -2.18. The molecule has 1 aromatic heterocycles. The molecule has 0 radical (unpaired) electrons. The summed E-state index contributed by atoms with van der Waals surface area (Å²) in [5, 5.41) is 1.21. The SMILES string of the molecule is CN1C(=O)[C@H]2CN(Cc3cccc4[nH]ccc34)C[C@H]2C1=O. The van der Waals surface area contributed by atoms with E-state index in [1.54, 1.807) is 7.05 Å². The first-order valence-electron chi connectivity index (χ1n) is 7.24. The van der Waals surface area contributed by atoms with E-state index in [9.17, 15) is 9.59 Å². The number of benzene rings is 1. The van der Waals surface area contributed by atoms with Gasteiger partial charge < -0.3 is 4.98 Å². The van der Waals surface area contributed by atoms with Crippen molar-refractivity contribution in [3.05, 3.63) is 36.0 Å². The molecule has 1 aromatic carbocycles. The first-order chi connectivity index (χ1) is 10.1. The van der Waals surface area contributed by atoms with Gasteiger partial charge >= 0.3 is 0 Å². The van der Waals surface area contributed by atoms with E-state index in [2.05, 4.69) is 28.1 Å². The van der Waals surface area contributed by atoms with Crippen LogP contribution in [0.2, 0.25) is 0 Å². The minimum absolute atomic E-state index is 0.0210. The lowest BCUT2D eigenvalue weighted by Crippen LogP contribution is -2.32. The summed E-state index contributed by atoms with van der Waals surface area (Å²) in [6.45, 7) is 2.15. The molecule has 3 heterocycles. The number of imide groups is 1. The Morgan fingerprint density at radius 1 is 1.14 bits per heavy atom. The van der Waals surface area contributed by atoms with E-state index in [1.165, 1.54) is 15.8 Å². The second-order valence-electron chi connectivity index (χ2n) is 6.00. The summed E-state index contributed by atoms with van der Waals surface area (Å²) in [6, 6.07) is 8.28. The predicted molar refractivity (Wildman–Crippen MR) is 78.3 cm³/mol. The Labute approximate surface area is 122 Å². The number of hydrogen-bond donors (Lipinski definition) is 1. The van der Waals surface area contributed by atoms with Crippen LogP contribution < -0.4 is 0 Å². The lowest BCUT2D eigenvalue weighted by atomic mass is 10.00. The van der Waals surface area contributed by atoms with Crippen LogP contribution in [0.15, 0.2) is 30.5 Å². The summed E-state index contributed by atoms with van der Waals surface area (Å²) >= 11 is 0. The molecular weight excluding hydrogens is 266 g/mol.